The summed E-state index contributed by atoms with van der Waals surface area (Å²) in [6.45, 7) is 10.0. The number of nitrogens with zero attached hydrogens (tertiary/aromatic N) is 1. The maximum Gasteiger partial charge on any atom is 0.256 e. The standard InChI is InChI=1S/C29H32N2O/c1-21-8-10-22(11-9-21)17-19-31(20-23-12-14-25(15-13-23)29(2,3)4)28(32)26-7-5-6-24-16-18-30-27(24)26/h5-16,18,30H,17,19-20H2,1-4H3. The summed E-state index contributed by atoms with van der Waals surface area (Å²) in [5, 5.41) is 1.06. The van der Waals surface area contributed by atoms with E-state index in [1.165, 1.54) is 16.7 Å². The first-order chi connectivity index (χ1) is 15.3. The van der Waals surface area contributed by atoms with Crippen molar-refractivity contribution in [3.63, 3.8) is 0 Å². The van der Waals surface area contributed by atoms with E-state index in [9.17, 15) is 4.79 Å². The van der Waals surface area contributed by atoms with E-state index >= 15 is 0 Å². The maximum absolute atomic E-state index is 13.7. The summed E-state index contributed by atoms with van der Waals surface area (Å²) < 4.78 is 0. The number of H-pyrrole nitrogens is 1. The molecule has 0 saturated heterocycles. The summed E-state index contributed by atoms with van der Waals surface area (Å²) >= 11 is 0. The molecule has 0 fully saturated rings. The number of carbonyl (C=O) groups is 1. The number of hydrogen-bond donors (Lipinski definition) is 1. The van der Waals surface area contributed by atoms with Gasteiger partial charge in [-0.2, -0.15) is 0 Å². The van der Waals surface area contributed by atoms with Gasteiger partial charge in [-0.1, -0.05) is 87.0 Å². The van der Waals surface area contributed by atoms with Gasteiger partial charge in [0.15, 0.2) is 0 Å². The van der Waals surface area contributed by atoms with Crippen molar-refractivity contribution in [3.05, 3.63) is 107 Å². The van der Waals surface area contributed by atoms with Crippen LogP contribution in [0.25, 0.3) is 10.9 Å². The van der Waals surface area contributed by atoms with Gasteiger partial charge in [0.1, 0.15) is 0 Å². The highest BCUT2D eigenvalue weighted by atomic mass is 16.2. The fraction of sp³-hybridized carbons (Fsp3) is 0.276. The van der Waals surface area contributed by atoms with E-state index < -0.39 is 0 Å². The van der Waals surface area contributed by atoms with E-state index in [2.05, 4.69) is 81.2 Å². The van der Waals surface area contributed by atoms with Crippen molar-refractivity contribution < 1.29 is 4.79 Å². The lowest BCUT2D eigenvalue weighted by Gasteiger charge is -2.24. The van der Waals surface area contributed by atoms with Gasteiger partial charge in [0.05, 0.1) is 11.1 Å². The zero-order valence-electron chi connectivity index (χ0n) is 19.5. The number of benzene rings is 3. The summed E-state index contributed by atoms with van der Waals surface area (Å²) in [6, 6.07) is 25.2. The van der Waals surface area contributed by atoms with Crippen molar-refractivity contribution in [1.82, 2.24) is 9.88 Å². The van der Waals surface area contributed by atoms with Crippen LogP contribution in [0.1, 0.15) is 53.4 Å². The Hall–Kier alpha value is -3.33. The molecule has 0 unspecified atom stereocenters. The molecule has 0 bridgehead atoms. The Morgan fingerprint density at radius 1 is 0.875 bits per heavy atom. The number of carbonyl (C=O) groups excluding carboxylic acids is 1. The van der Waals surface area contributed by atoms with Crippen LogP contribution in [0.5, 0.6) is 0 Å². The lowest BCUT2D eigenvalue weighted by Crippen LogP contribution is -2.32. The fourth-order valence-corrected chi connectivity index (χ4v) is 4.04. The minimum Gasteiger partial charge on any atom is -0.361 e. The van der Waals surface area contributed by atoms with Gasteiger partial charge in [0, 0.05) is 24.7 Å². The molecule has 4 aromatic rings. The van der Waals surface area contributed by atoms with E-state index in [0.29, 0.717) is 13.1 Å². The van der Waals surface area contributed by atoms with Gasteiger partial charge in [-0.15, -0.1) is 0 Å². The van der Waals surface area contributed by atoms with Crippen LogP contribution in [0.2, 0.25) is 0 Å². The molecule has 3 nitrogen and oxygen atoms in total. The van der Waals surface area contributed by atoms with Gasteiger partial charge >= 0.3 is 0 Å². The lowest BCUT2D eigenvalue weighted by molar-refractivity contribution is 0.0747. The Morgan fingerprint density at radius 2 is 1.56 bits per heavy atom. The maximum atomic E-state index is 13.7. The predicted molar refractivity (Wildman–Crippen MR) is 133 cm³/mol. The molecule has 0 radical (unpaired) electrons. The molecular weight excluding hydrogens is 392 g/mol. The molecular formula is C29H32N2O. The number of fused-ring (bicyclic) bond motifs is 1. The van der Waals surface area contributed by atoms with Crippen LogP contribution in [0.3, 0.4) is 0 Å². The van der Waals surface area contributed by atoms with Crippen LogP contribution < -0.4 is 0 Å². The Kier molecular flexibility index (Phi) is 6.18. The molecule has 1 heterocycles. The van der Waals surface area contributed by atoms with Crippen molar-refractivity contribution in [2.75, 3.05) is 6.54 Å². The van der Waals surface area contributed by atoms with Gasteiger partial charge in [-0.3, -0.25) is 4.79 Å². The molecule has 3 heteroatoms. The predicted octanol–water partition coefficient (Wildman–Crippen LogP) is 6.66. The topological polar surface area (TPSA) is 36.1 Å². The molecule has 0 aliphatic rings. The number of aryl methyl sites for hydroxylation is 1. The summed E-state index contributed by atoms with van der Waals surface area (Å²) in [7, 11) is 0. The molecule has 1 amide bonds. The van der Waals surface area contributed by atoms with E-state index in [-0.39, 0.29) is 11.3 Å². The third-order valence-electron chi connectivity index (χ3n) is 6.09. The number of para-hydroxylation sites is 1. The average Bonchev–Trinajstić information content (AvgIpc) is 3.26. The van der Waals surface area contributed by atoms with Crippen LogP contribution in [-0.2, 0) is 18.4 Å². The van der Waals surface area contributed by atoms with Crippen molar-refractivity contribution in [2.45, 2.75) is 46.1 Å². The van der Waals surface area contributed by atoms with Gasteiger partial charge in [0.2, 0.25) is 0 Å². The summed E-state index contributed by atoms with van der Waals surface area (Å²) in [4.78, 5) is 18.9. The molecule has 0 saturated carbocycles. The van der Waals surface area contributed by atoms with E-state index in [1.54, 1.807) is 0 Å². The molecule has 0 spiro atoms. The average molecular weight is 425 g/mol. The van der Waals surface area contributed by atoms with Crippen molar-refractivity contribution in [2.24, 2.45) is 0 Å². The van der Waals surface area contributed by atoms with Crippen molar-refractivity contribution >= 4 is 16.8 Å². The van der Waals surface area contributed by atoms with E-state index in [4.69, 9.17) is 0 Å². The zero-order valence-corrected chi connectivity index (χ0v) is 19.5. The molecule has 4 rings (SSSR count). The second-order valence-corrected chi connectivity index (χ2v) is 9.66. The minimum atomic E-state index is 0.0602. The van der Waals surface area contributed by atoms with Crippen LogP contribution in [0.15, 0.2) is 79.0 Å². The first-order valence-corrected chi connectivity index (χ1v) is 11.3. The van der Waals surface area contributed by atoms with Crippen LogP contribution in [-0.4, -0.2) is 22.3 Å². The molecule has 0 atom stereocenters. The number of rotatable bonds is 6. The highest BCUT2D eigenvalue weighted by molar-refractivity contribution is 6.05. The van der Waals surface area contributed by atoms with Crippen LogP contribution in [0, 0.1) is 6.92 Å². The smallest absolute Gasteiger partial charge is 0.256 e. The van der Waals surface area contributed by atoms with Crippen LogP contribution >= 0.6 is 0 Å². The molecule has 164 valence electrons. The number of aromatic nitrogens is 1. The van der Waals surface area contributed by atoms with Gasteiger partial charge < -0.3 is 9.88 Å². The number of nitrogens with one attached hydrogen (secondary N) is 1. The zero-order chi connectivity index (χ0) is 22.7. The largest absolute Gasteiger partial charge is 0.361 e. The van der Waals surface area contributed by atoms with Gasteiger partial charge in [-0.25, -0.2) is 0 Å². The van der Waals surface area contributed by atoms with E-state index in [0.717, 1.165) is 28.5 Å². The molecule has 3 aromatic carbocycles. The fourth-order valence-electron chi connectivity index (χ4n) is 4.04. The Labute approximate surface area is 191 Å². The lowest BCUT2D eigenvalue weighted by atomic mass is 9.87. The van der Waals surface area contributed by atoms with E-state index in [1.807, 2.05) is 35.4 Å². The monoisotopic (exact) mass is 424 g/mol. The second kappa shape index (κ2) is 9.04. The SMILES string of the molecule is Cc1ccc(CCN(Cc2ccc(C(C)(C)C)cc2)C(=O)c2cccc3cc[nH]c23)cc1. The molecule has 0 aliphatic carbocycles. The highest BCUT2D eigenvalue weighted by Crippen LogP contribution is 2.24. The summed E-state index contributed by atoms with van der Waals surface area (Å²) in [5.41, 5.74) is 6.68. The van der Waals surface area contributed by atoms with Crippen molar-refractivity contribution in [1.29, 1.82) is 0 Å². The number of aromatic amines is 1. The molecule has 1 aromatic heterocycles. The highest BCUT2D eigenvalue weighted by Gasteiger charge is 2.20. The third kappa shape index (κ3) is 4.94. The second-order valence-electron chi connectivity index (χ2n) is 9.66. The van der Waals surface area contributed by atoms with Crippen molar-refractivity contribution in [3.8, 4) is 0 Å². The Morgan fingerprint density at radius 3 is 2.25 bits per heavy atom. The third-order valence-corrected chi connectivity index (χ3v) is 6.09. The molecule has 32 heavy (non-hydrogen) atoms. The van der Waals surface area contributed by atoms with Crippen LogP contribution in [0.4, 0.5) is 0 Å². The van der Waals surface area contributed by atoms with Gasteiger partial charge in [0.25, 0.3) is 5.91 Å². The first kappa shape index (κ1) is 21.9. The first-order valence-electron chi connectivity index (χ1n) is 11.3. The molecule has 1 N–H and O–H groups in total. The Bertz CT molecular complexity index is 1190. The quantitative estimate of drug-likeness (QED) is 0.369. The number of amides is 1. The summed E-state index contributed by atoms with van der Waals surface area (Å²) in [6.07, 6.45) is 2.72. The minimum absolute atomic E-state index is 0.0602. The summed E-state index contributed by atoms with van der Waals surface area (Å²) in [5.74, 6) is 0.0602. The number of hydrogen-bond acceptors (Lipinski definition) is 1. The van der Waals surface area contributed by atoms with Gasteiger partial charge in [-0.05, 0) is 47.6 Å². The molecule has 0 aliphatic heterocycles. The normalized spacial score (nSPS) is 11.6. The Balaban J connectivity index is 1.60.